The van der Waals surface area contributed by atoms with Gasteiger partial charge in [-0.25, -0.2) is 0 Å². The zero-order valence-corrected chi connectivity index (χ0v) is 11.3. The van der Waals surface area contributed by atoms with Crippen LogP contribution in [0, 0.1) is 5.92 Å². The molecule has 2 heterocycles. The smallest absolute Gasteiger partial charge is 0.0700 e. The van der Waals surface area contributed by atoms with Crippen LogP contribution in [0.15, 0.2) is 0 Å². The van der Waals surface area contributed by atoms with Crippen molar-refractivity contribution in [2.45, 2.75) is 38.8 Å². The van der Waals surface area contributed by atoms with Crippen LogP contribution in [0.25, 0.3) is 0 Å². The first kappa shape index (κ1) is 14.2. The van der Waals surface area contributed by atoms with E-state index in [4.69, 9.17) is 4.74 Å². The van der Waals surface area contributed by atoms with E-state index in [0.29, 0.717) is 12.1 Å². The van der Waals surface area contributed by atoms with E-state index < -0.39 is 0 Å². The van der Waals surface area contributed by atoms with E-state index in [2.05, 4.69) is 24.1 Å². The summed E-state index contributed by atoms with van der Waals surface area (Å²) in [5.41, 5.74) is 0. The fourth-order valence-corrected chi connectivity index (χ4v) is 2.65. The van der Waals surface area contributed by atoms with Gasteiger partial charge in [0.1, 0.15) is 0 Å². The maximum atomic E-state index is 5.66. The molecule has 2 saturated heterocycles. The molecule has 1 N–H and O–H groups in total. The van der Waals surface area contributed by atoms with Crippen LogP contribution in [-0.2, 0) is 4.74 Å². The van der Waals surface area contributed by atoms with Crippen molar-refractivity contribution in [1.29, 1.82) is 0 Å². The number of halogens is 1. The minimum Gasteiger partial charge on any atom is -0.376 e. The minimum absolute atomic E-state index is 0. The number of hydrogen-bond acceptors (Lipinski definition) is 3. The molecule has 3 nitrogen and oxygen atoms in total. The molecule has 4 heteroatoms. The Morgan fingerprint density at radius 3 is 2.62 bits per heavy atom. The maximum Gasteiger partial charge on any atom is 0.0700 e. The Kier molecular flexibility index (Phi) is 6.05. The number of rotatable bonds is 2. The highest BCUT2D eigenvalue weighted by Gasteiger charge is 2.27. The van der Waals surface area contributed by atoms with Gasteiger partial charge in [-0.05, 0) is 45.7 Å². The number of hydrogen-bond donors (Lipinski definition) is 1. The lowest BCUT2D eigenvalue weighted by Crippen LogP contribution is -2.50. The first-order chi connectivity index (χ1) is 7.27. The lowest BCUT2D eigenvalue weighted by Gasteiger charge is -2.40. The van der Waals surface area contributed by atoms with Gasteiger partial charge in [-0.3, -0.25) is 4.90 Å². The molecule has 0 spiro atoms. The Labute approximate surface area is 105 Å². The lowest BCUT2D eigenvalue weighted by atomic mass is 9.96. The van der Waals surface area contributed by atoms with Crippen molar-refractivity contribution in [3.8, 4) is 0 Å². The zero-order valence-electron chi connectivity index (χ0n) is 10.4. The molecule has 96 valence electrons. The number of piperidine rings is 1. The quantitative estimate of drug-likeness (QED) is 0.802. The SMILES string of the molecule is CC1OCCN(CC2CCNCC2)C1C.Cl. The predicted molar refractivity (Wildman–Crippen MR) is 69.3 cm³/mol. The summed E-state index contributed by atoms with van der Waals surface area (Å²) in [6, 6.07) is 0.591. The summed E-state index contributed by atoms with van der Waals surface area (Å²) >= 11 is 0. The molecule has 0 aromatic heterocycles. The van der Waals surface area contributed by atoms with Crippen LogP contribution < -0.4 is 5.32 Å². The topological polar surface area (TPSA) is 24.5 Å². The van der Waals surface area contributed by atoms with Gasteiger partial charge in [0, 0.05) is 19.1 Å². The van der Waals surface area contributed by atoms with Gasteiger partial charge in [0.25, 0.3) is 0 Å². The summed E-state index contributed by atoms with van der Waals surface area (Å²) < 4.78 is 5.66. The number of ether oxygens (including phenoxy) is 1. The molecule has 16 heavy (non-hydrogen) atoms. The van der Waals surface area contributed by atoms with Crippen molar-refractivity contribution in [3.05, 3.63) is 0 Å². The summed E-state index contributed by atoms with van der Waals surface area (Å²) in [6.07, 6.45) is 3.09. The molecule has 2 unspecified atom stereocenters. The fourth-order valence-electron chi connectivity index (χ4n) is 2.65. The maximum absolute atomic E-state index is 5.66. The van der Waals surface area contributed by atoms with Gasteiger partial charge in [-0.15, -0.1) is 12.4 Å². The van der Waals surface area contributed by atoms with E-state index in [1.165, 1.54) is 32.5 Å². The average molecular weight is 249 g/mol. The van der Waals surface area contributed by atoms with Crippen LogP contribution >= 0.6 is 12.4 Å². The fraction of sp³-hybridized carbons (Fsp3) is 1.00. The third kappa shape index (κ3) is 3.59. The van der Waals surface area contributed by atoms with E-state index in [0.717, 1.165) is 19.1 Å². The van der Waals surface area contributed by atoms with Gasteiger partial charge in [0.2, 0.25) is 0 Å². The van der Waals surface area contributed by atoms with Crippen LogP contribution in [0.3, 0.4) is 0 Å². The lowest BCUT2D eigenvalue weighted by molar-refractivity contribution is -0.0610. The average Bonchev–Trinajstić information content (AvgIpc) is 2.26. The molecular weight excluding hydrogens is 224 g/mol. The second-order valence-corrected chi connectivity index (χ2v) is 5.00. The number of nitrogens with zero attached hydrogens (tertiary/aromatic N) is 1. The number of morpholine rings is 1. The van der Waals surface area contributed by atoms with Gasteiger partial charge >= 0.3 is 0 Å². The van der Waals surface area contributed by atoms with Crippen LogP contribution in [0.1, 0.15) is 26.7 Å². The molecule has 2 atom stereocenters. The Bertz CT molecular complexity index is 197. The van der Waals surface area contributed by atoms with E-state index in [1.807, 2.05) is 0 Å². The van der Waals surface area contributed by atoms with Gasteiger partial charge in [0.15, 0.2) is 0 Å². The van der Waals surface area contributed by atoms with Crippen LogP contribution in [0.5, 0.6) is 0 Å². The molecule has 2 aliphatic heterocycles. The van der Waals surface area contributed by atoms with Crippen LogP contribution in [0.4, 0.5) is 0 Å². The molecule has 2 aliphatic rings. The molecule has 2 rings (SSSR count). The zero-order chi connectivity index (χ0) is 10.7. The van der Waals surface area contributed by atoms with Gasteiger partial charge in [-0.1, -0.05) is 0 Å². The molecule has 0 amide bonds. The van der Waals surface area contributed by atoms with E-state index >= 15 is 0 Å². The standard InChI is InChI=1S/C12H24N2O.ClH/c1-10-11(2)15-8-7-14(10)9-12-3-5-13-6-4-12;/h10-13H,3-9H2,1-2H3;1H. The Morgan fingerprint density at radius 2 is 1.94 bits per heavy atom. The van der Waals surface area contributed by atoms with Crippen molar-refractivity contribution in [1.82, 2.24) is 10.2 Å². The van der Waals surface area contributed by atoms with E-state index in [9.17, 15) is 0 Å². The second-order valence-electron chi connectivity index (χ2n) is 5.00. The monoisotopic (exact) mass is 248 g/mol. The summed E-state index contributed by atoms with van der Waals surface area (Å²) in [7, 11) is 0. The summed E-state index contributed by atoms with van der Waals surface area (Å²) in [6.45, 7) is 10.2. The molecule has 0 saturated carbocycles. The molecule has 2 fully saturated rings. The van der Waals surface area contributed by atoms with Crippen LogP contribution in [-0.4, -0.2) is 49.8 Å². The van der Waals surface area contributed by atoms with E-state index in [1.54, 1.807) is 0 Å². The Hall–Kier alpha value is 0.170. The largest absolute Gasteiger partial charge is 0.376 e. The first-order valence-corrected chi connectivity index (χ1v) is 6.33. The third-order valence-corrected chi connectivity index (χ3v) is 3.97. The highest BCUT2D eigenvalue weighted by atomic mass is 35.5. The normalized spacial score (nSPS) is 33.4. The van der Waals surface area contributed by atoms with Gasteiger partial charge in [-0.2, -0.15) is 0 Å². The summed E-state index contributed by atoms with van der Waals surface area (Å²) in [4.78, 5) is 2.62. The molecule has 0 bridgehead atoms. The summed E-state index contributed by atoms with van der Waals surface area (Å²) in [5, 5.41) is 3.43. The Morgan fingerprint density at radius 1 is 1.25 bits per heavy atom. The molecule has 0 aromatic rings. The predicted octanol–water partition coefficient (Wildman–Crippen LogP) is 1.52. The minimum atomic E-state index is 0. The Balaban J connectivity index is 0.00000128. The van der Waals surface area contributed by atoms with Crippen molar-refractivity contribution in [2.24, 2.45) is 5.92 Å². The number of nitrogens with one attached hydrogen (secondary N) is 1. The molecule has 0 radical (unpaired) electrons. The highest BCUT2D eigenvalue weighted by molar-refractivity contribution is 5.85. The van der Waals surface area contributed by atoms with Crippen molar-refractivity contribution in [3.63, 3.8) is 0 Å². The molecule has 0 aliphatic carbocycles. The summed E-state index contributed by atoms with van der Waals surface area (Å²) in [5.74, 6) is 0.902. The first-order valence-electron chi connectivity index (χ1n) is 6.33. The van der Waals surface area contributed by atoms with Crippen LogP contribution in [0.2, 0.25) is 0 Å². The second kappa shape index (κ2) is 6.80. The van der Waals surface area contributed by atoms with Crippen molar-refractivity contribution < 1.29 is 4.74 Å². The van der Waals surface area contributed by atoms with Gasteiger partial charge < -0.3 is 10.1 Å². The van der Waals surface area contributed by atoms with E-state index in [-0.39, 0.29) is 12.4 Å². The molecular formula is C12H25ClN2O. The molecule has 0 aromatic carbocycles. The van der Waals surface area contributed by atoms with Crippen molar-refractivity contribution in [2.75, 3.05) is 32.8 Å². The van der Waals surface area contributed by atoms with Gasteiger partial charge in [0.05, 0.1) is 12.7 Å². The highest BCUT2D eigenvalue weighted by Crippen LogP contribution is 2.19. The third-order valence-electron chi connectivity index (χ3n) is 3.97. The van der Waals surface area contributed by atoms with Crippen molar-refractivity contribution >= 4 is 12.4 Å².